The minimum atomic E-state index is 0.0522. The molecule has 25 heavy (non-hydrogen) atoms. The minimum absolute atomic E-state index is 0.0522. The Kier molecular flexibility index (Phi) is 5.96. The molecule has 1 aromatic rings. The Hall–Kier alpha value is -1.60. The molecule has 0 aliphatic carbocycles. The van der Waals surface area contributed by atoms with Crippen LogP contribution in [0.5, 0.6) is 0 Å². The van der Waals surface area contributed by atoms with Gasteiger partial charge in [-0.1, -0.05) is 6.92 Å². The molecule has 2 atom stereocenters. The van der Waals surface area contributed by atoms with Crippen LogP contribution in [0.2, 0.25) is 0 Å². The zero-order valence-corrected chi connectivity index (χ0v) is 15.7. The molecule has 0 spiro atoms. The maximum atomic E-state index is 12.7. The second-order valence-electron chi connectivity index (χ2n) is 7.40. The molecular formula is C18H31N5O2. The fourth-order valence-corrected chi connectivity index (χ4v) is 4.01. The van der Waals surface area contributed by atoms with Gasteiger partial charge in [-0.15, -0.1) is 0 Å². The Balaban J connectivity index is 1.51. The first-order valence-corrected chi connectivity index (χ1v) is 9.42. The molecule has 1 aromatic heterocycles. The molecule has 2 N–H and O–H groups in total. The first kappa shape index (κ1) is 18.2. The number of likely N-dealkylation sites (tertiary alicyclic amines) is 1. The number of ether oxygens (including phenoxy) is 1. The van der Waals surface area contributed by atoms with Gasteiger partial charge >= 0.3 is 6.03 Å². The number of amides is 2. The molecule has 0 aromatic carbocycles. The molecule has 3 rings (SSSR count). The van der Waals surface area contributed by atoms with E-state index in [1.165, 1.54) is 5.56 Å². The number of nitrogens with one attached hydrogen (secondary N) is 2. The molecule has 0 unspecified atom stereocenters. The number of aromatic amines is 1. The summed E-state index contributed by atoms with van der Waals surface area (Å²) in [5.41, 5.74) is 3.26. The highest BCUT2D eigenvalue weighted by molar-refractivity contribution is 5.75. The second-order valence-corrected chi connectivity index (χ2v) is 7.40. The zero-order valence-electron chi connectivity index (χ0n) is 15.7. The van der Waals surface area contributed by atoms with Gasteiger partial charge in [0.05, 0.1) is 24.9 Å². The Morgan fingerprint density at radius 1 is 1.36 bits per heavy atom. The van der Waals surface area contributed by atoms with E-state index in [2.05, 4.69) is 27.3 Å². The van der Waals surface area contributed by atoms with Crippen LogP contribution in [0.15, 0.2) is 0 Å². The van der Waals surface area contributed by atoms with Crippen molar-refractivity contribution in [2.24, 2.45) is 5.92 Å². The lowest BCUT2D eigenvalue weighted by molar-refractivity contribution is 0.0318. The van der Waals surface area contributed by atoms with Crippen LogP contribution >= 0.6 is 0 Å². The third-order valence-corrected chi connectivity index (χ3v) is 5.31. The van der Waals surface area contributed by atoms with Crippen molar-refractivity contribution >= 4 is 6.03 Å². The van der Waals surface area contributed by atoms with Crippen molar-refractivity contribution in [3.8, 4) is 0 Å². The molecule has 7 heteroatoms. The molecular weight excluding hydrogens is 318 g/mol. The summed E-state index contributed by atoms with van der Waals surface area (Å²) in [5.74, 6) is 0.431. The number of morpholine rings is 1. The molecule has 140 valence electrons. The number of rotatable bonds is 5. The van der Waals surface area contributed by atoms with Gasteiger partial charge in [-0.25, -0.2) is 4.79 Å². The summed E-state index contributed by atoms with van der Waals surface area (Å²) in [7, 11) is 0. The molecule has 0 bridgehead atoms. The van der Waals surface area contributed by atoms with Crippen LogP contribution in [0.1, 0.15) is 42.8 Å². The zero-order chi connectivity index (χ0) is 17.8. The third-order valence-electron chi connectivity index (χ3n) is 5.31. The van der Waals surface area contributed by atoms with E-state index in [0.29, 0.717) is 12.5 Å². The van der Waals surface area contributed by atoms with E-state index in [9.17, 15) is 4.79 Å². The highest BCUT2D eigenvalue weighted by Gasteiger charge is 2.33. The lowest BCUT2D eigenvalue weighted by Crippen LogP contribution is -2.44. The van der Waals surface area contributed by atoms with Crippen molar-refractivity contribution in [2.45, 2.75) is 39.7 Å². The second kappa shape index (κ2) is 8.19. The highest BCUT2D eigenvalue weighted by Crippen LogP contribution is 2.34. The van der Waals surface area contributed by atoms with E-state index in [1.807, 2.05) is 18.7 Å². The van der Waals surface area contributed by atoms with E-state index in [-0.39, 0.29) is 12.1 Å². The number of hydrogen-bond acceptors (Lipinski definition) is 4. The van der Waals surface area contributed by atoms with Crippen LogP contribution in [-0.4, -0.2) is 72.0 Å². The summed E-state index contributed by atoms with van der Waals surface area (Å²) in [6.45, 7) is 12.4. The van der Waals surface area contributed by atoms with Crippen molar-refractivity contribution in [1.29, 1.82) is 0 Å². The fraction of sp³-hybridized carbons (Fsp3) is 0.778. The number of carbonyl (C=O) groups excluding carboxylic acids is 1. The van der Waals surface area contributed by atoms with E-state index in [4.69, 9.17) is 4.74 Å². The standard InChI is InChI=1S/C18H31N5O2/c1-13(12-22-7-9-25-10-8-22)11-19-18(24)23-6-4-5-16(23)17-14(2)20-21-15(17)3/h13,16H,4-12H2,1-3H3,(H,19,24)(H,20,21)/t13-,16-/m1/s1. The molecule has 3 heterocycles. The molecule has 7 nitrogen and oxygen atoms in total. The van der Waals surface area contributed by atoms with E-state index in [1.54, 1.807) is 0 Å². The SMILES string of the molecule is Cc1n[nH]c(C)c1[C@H]1CCCN1C(=O)NC[C@@H](C)CN1CCOCC1. The maximum Gasteiger partial charge on any atom is 0.317 e. The minimum Gasteiger partial charge on any atom is -0.379 e. The molecule has 2 fully saturated rings. The lowest BCUT2D eigenvalue weighted by atomic mass is 10.0. The summed E-state index contributed by atoms with van der Waals surface area (Å²) in [6.07, 6.45) is 2.06. The molecule has 0 radical (unpaired) electrons. The maximum absolute atomic E-state index is 12.7. The Morgan fingerprint density at radius 3 is 2.80 bits per heavy atom. The summed E-state index contributed by atoms with van der Waals surface area (Å²) in [6, 6.07) is 0.199. The monoisotopic (exact) mass is 349 g/mol. The fourth-order valence-electron chi connectivity index (χ4n) is 4.01. The number of aromatic nitrogens is 2. The van der Waals surface area contributed by atoms with Crippen molar-refractivity contribution in [3.63, 3.8) is 0 Å². The quantitative estimate of drug-likeness (QED) is 0.851. The van der Waals surface area contributed by atoms with Gasteiger partial charge in [-0.3, -0.25) is 10.00 Å². The van der Waals surface area contributed by atoms with Crippen LogP contribution in [0, 0.1) is 19.8 Å². The van der Waals surface area contributed by atoms with Crippen LogP contribution in [0.3, 0.4) is 0 Å². The van der Waals surface area contributed by atoms with Crippen molar-refractivity contribution in [3.05, 3.63) is 17.0 Å². The Bertz CT molecular complexity index is 563. The van der Waals surface area contributed by atoms with Gasteiger partial charge in [0.2, 0.25) is 0 Å². The number of aryl methyl sites for hydroxylation is 2. The number of H-pyrrole nitrogens is 1. The van der Waals surface area contributed by atoms with Gasteiger partial charge < -0.3 is 15.0 Å². The number of hydrogen-bond donors (Lipinski definition) is 2. The number of urea groups is 1. The van der Waals surface area contributed by atoms with E-state index >= 15 is 0 Å². The lowest BCUT2D eigenvalue weighted by Gasteiger charge is -2.30. The van der Waals surface area contributed by atoms with Gasteiger partial charge in [0.1, 0.15) is 0 Å². The normalized spacial score (nSPS) is 23.0. The summed E-state index contributed by atoms with van der Waals surface area (Å²) < 4.78 is 5.39. The summed E-state index contributed by atoms with van der Waals surface area (Å²) in [4.78, 5) is 17.1. The van der Waals surface area contributed by atoms with E-state index < -0.39 is 0 Å². The van der Waals surface area contributed by atoms with Crippen molar-refractivity contribution < 1.29 is 9.53 Å². The first-order chi connectivity index (χ1) is 12.1. The van der Waals surface area contributed by atoms with Gasteiger partial charge in [0, 0.05) is 44.0 Å². The number of carbonyl (C=O) groups is 1. The first-order valence-electron chi connectivity index (χ1n) is 9.42. The van der Waals surface area contributed by atoms with Crippen LogP contribution < -0.4 is 5.32 Å². The van der Waals surface area contributed by atoms with Gasteiger partial charge in [0.25, 0.3) is 0 Å². The highest BCUT2D eigenvalue weighted by atomic mass is 16.5. The van der Waals surface area contributed by atoms with Crippen molar-refractivity contribution in [1.82, 2.24) is 25.3 Å². The largest absolute Gasteiger partial charge is 0.379 e. The van der Waals surface area contributed by atoms with Crippen LogP contribution in [0.4, 0.5) is 4.79 Å². The third kappa shape index (κ3) is 4.33. The molecule has 0 saturated carbocycles. The predicted molar refractivity (Wildman–Crippen MR) is 96.6 cm³/mol. The topological polar surface area (TPSA) is 73.5 Å². The smallest absolute Gasteiger partial charge is 0.317 e. The Morgan fingerprint density at radius 2 is 2.12 bits per heavy atom. The molecule has 2 saturated heterocycles. The molecule has 2 aliphatic rings. The van der Waals surface area contributed by atoms with Gasteiger partial charge in [0.15, 0.2) is 0 Å². The average Bonchev–Trinajstić information content (AvgIpc) is 3.20. The van der Waals surface area contributed by atoms with Crippen LogP contribution in [0.25, 0.3) is 0 Å². The van der Waals surface area contributed by atoms with Gasteiger partial charge in [-0.2, -0.15) is 5.10 Å². The van der Waals surface area contributed by atoms with Crippen molar-refractivity contribution in [2.75, 3.05) is 45.9 Å². The average molecular weight is 349 g/mol. The van der Waals surface area contributed by atoms with Crippen LogP contribution in [-0.2, 0) is 4.74 Å². The summed E-state index contributed by atoms with van der Waals surface area (Å²) in [5, 5.41) is 10.5. The molecule has 2 aliphatic heterocycles. The Labute approximate surface area is 150 Å². The molecule has 2 amide bonds. The summed E-state index contributed by atoms with van der Waals surface area (Å²) >= 11 is 0. The van der Waals surface area contributed by atoms with Gasteiger partial charge in [-0.05, 0) is 32.6 Å². The predicted octanol–water partition coefficient (Wildman–Crippen LogP) is 1.84. The number of nitrogens with zero attached hydrogens (tertiary/aromatic N) is 3. The van der Waals surface area contributed by atoms with E-state index in [0.717, 1.165) is 63.6 Å².